The van der Waals surface area contributed by atoms with Crippen LogP contribution in [-0.2, 0) is 22.3 Å². The summed E-state index contributed by atoms with van der Waals surface area (Å²) >= 11 is 1.04. The van der Waals surface area contributed by atoms with Gasteiger partial charge < -0.3 is 10.1 Å². The van der Waals surface area contributed by atoms with Crippen LogP contribution in [0.2, 0.25) is 0 Å². The average molecular weight is 514 g/mol. The van der Waals surface area contributed by atoms with Crippen molar-refractivity contribution in [2.45, 2.75) is 24.4 Å². The van der Waals surface area contributed by atoms with Crippen LogP contribution < -0.4 is 10.1 Å². The molecule has 1 unspecified atom stereocenters. The lowest BCUT2D eigenvalue weighted by atomic mass is 10.2. The normalized spacial score (nSPS) is 17.2. The molecule has 1 heterocycles. The van der Waals surface area contributed by atoms with Gasteiger partial charge >= 0.3 is 6.18 Å². The Morgan fingerprint density at radius 1 is 1.08 bits per heavy atom. The van der Waals surface area contributed by atoms with E-state index in [-0.39, 0.29) is 35.6 Å². The number of nitrogens with one attached hydrogen (secondary N) is 1. The molecule has 1 saturated heterocycles. The summed E-state index contributed by atoms with van der Waals surface area (Å²) in [5, 5.41) is 2.13. The second-order valence-electron chi connectivity index (χ2n) is 7.94. The predicted molar refractivity (Wildman–Crippen MR) is 133 cm³/mol. The Kier molecular flexibility index (Phi) is 7.64. The maximum absolute atomic E-state index is 13.2. The van der Waals surface area contributed by atoms with Crippen LogP contribution in [0, 0.1) is 0 Å². The molecule has 10 heteroatoms. The summed E-state index contributed by atoms with van der Waals surface area (Å²) in [6, 6.07) is 20.4. The summed E-state index contributed by atoms with van der Waals surface area (Å²) in [4.78, 5) is 31.8. The van der Waals surface area contributed by atoms with E-state index in [9.17, 15) is 22.8 Å². The Morgan fingerprint density at radius 3 is 2.47 bits per heavy atom. The van der Waals surface area contributed by atoms with Crippen molar-refractivity contribution in [2.24, 2.45) is 4.99 Å². The first-order valence-electron chi connectivity index (χ1n) is 10.9. The number of thioether (sulfide) groups is 1. The highest BCUT2D eigenvalue weighted by Crippen LogP contribution is 2.34. The molecule has 3 aromatic carbocycles. The Hall–Kier alpha value is -3.79. The first kappa shape index (κ1) is 25.3. The van der Waals surface area contributed by atoms with E-state index in [0.717, 1.165) is 29.5 Å². The molecule has 1 fully saturated rings. The number of hydrogen-bond donors (Lipinski definition) is 1. The van der Waals surface area contributed by atoms with Gasteiger partial charge in [0, 0.05) is 12.1 Å². The van der Waals surface area contributed by atoms with Gasteiger partial charge in [0.2, 0.25) is 11.8 Å². The number of alkyl halides is 3. The summed E-state index contributed by atoms with van der Waals surface area (Å²) in [6.07, 6.45) is -4.62. The standard InChI is InChI=1S/C26H22F3N3O3S/c1-35-21-12-10-17(11-13-21)16-32-23(33)15-22(24(34)30-19-7-3-2-4-8-19)36-25(32)31-20-9-5-6-18(14-20)26(27,28)29/h2-14,22H,15-16H2,1H3,(H,30,34). The monoisotopic (exact) mass is 513 g/mol. The Labute approximate surface area is 210 Å². The second kappa shape index (κ2) is 10.9. The van der Waals surface area contributed by atoms with Gasteiger partial charge in [-0.05, 0) is 48.0 Å². The fraction of sp³-hybridized carbons (Fsp3) is 0.192. The van der Waals surface area contributed by atoms with Crippen molar-refractivity contribution in [1.29, 1.82) is 0 Å². The van der Waals surface area contributed by atoms with Gasteiger partial charge in [-0.1, -0.05) is 48.2 Å². The van der Waals surface area contributed by atoms with E-state index in [1.165, 1.54) is 17.0 Å². The number of benzene rings is 3. The van der Waals surface area contributed by atoms with Crippen LogP contribution in [-0.4, -0.2) is 34.2 Å². The SMILES string of the molecule is COc1ccc(CN2C(=O)CC(C(=O)Nc3ccccc3)SC2=Nc2cccc(C(F)(F)F)c2)cc1. The molecule has 0 aliphatic carbocycles. The minimum atomic E-state index is -4.54. The van der Waals surface area contributed by atoms with Crippen LogP contribution in [0.3, 0.4) is 0 Å². The molecule has 0 bridgehead atoms. The Bertz CT molecular complexity index is 1260. The van der Waals surface area contributed by atoms with Gasteiger partial charge in [0.05, 0.1) is 24.9 Å². The lowest BCUT2D eigenvalue weighted by Gasteiger charge is -2.32. The Balaban J connectivity index is 1.64. The molecule has 186 valence electrons. The van der Waals surface area contributed by atoms with Gasteiger partial charge in [-0.25, -0.2) is 4.99 Å². The molecule has 1 atom stereocenters. The number of aliphatic imine (C=N–C) groups is 1. The van der Waals surface area contributed by atoms with E-state index in [1.54, 1.807) is 55.6 Å². The fourth-order valence-electron chi connectivity index (χ4n) is 3.52. The molecule has 1 aliphatic heterocycles. The van der Waals surface area contributed by atoms with Crippen LogP contribution in [0.5, 0.6) is 5.75 Å². The van der Waals surface area contributed by atoms with E-state index in [4.69, 9.17) is 4.74 Å². The first-order valence-corrected chi connectivity index (χ1v) is 11.8. The van der Waals surface area contributed by atoms with E-state index in [2.05, 4.69) is 10.3 Å². The van der Waals surface area contributed by atoms with Gasteiger partial charge in [-0.2, -0.15) is 13.2 Å². The van der Waals surface area contributed by atoms with Crippen molar-refractivity contribution in [2.75, 3.05) is 12.4 Å². The number of hydrogen-bond acceptors (Lipinski definition) is 5. The number of halogens is 3. The molecule has 36 heavy (non-hydrogen) atoms. The maximum atomic E-state index is 13.2. The highest BCUT2D eigenvalue weighted by Gasteiger charge is 2.36. The molecular weight excluding hydrogens is 491 g/mol. The minimum Gasteiger partial charge on any atom is -0.497 e. The molecule has 1 N–H and O–H groups in total. The van der Waals surface area contributed by atoms with Crippen molar-refractivity contribution in [3.8, 4) is 5.75 Å². The summed E-state index contributed by atoms with van der Waals surface area (Å²) in [5.74, 6) is -0.0995. The van der Waals surface area contributed by atoms with Gasteiger partial charge in [-0.15, -0.1) is 0 Å². The molecule has 6 nitrogen and oxygen atoms in total. The van der Waals surface area contributed by atoms with Gasteiger partial charge in [-0.3, -0.25) is 14.5 Å². The molecule has 4 rings (SSSR count). The molecular formula is C26H22F3N3O3S. The molecule has 0 spiro atoms. The smallest absolute Gasteiger partial charge is 0.416 e. The van der Waals surface area contributed by atoms with Crippen molar-refractivity contribution in [1.82, 2.24) is 4.90 Å². The van der Waals surface area contributed by atoms with Crippen molar-refractivity contribution in [3.05, 3.63) is 90.0 Å². The highest BCUT2D eigenvalue weighted by atomic mass is 32.2. The molecule has 1 aliphatic rings. The lowest BCUT2D eigenvalue weighted by Crippen LogP contribution is -2.44. The number of methoxy groups -OCH3 is 1. The zero-order valence-electron chi connectivity index (χ0n) is 19.2. The van der Waals surface area contributed by atoms with Crippen molar-refractivity contribution in [3.63, 3.8) is 0 Å². The average Bonchev–Trinajstić information content (AvgIpc) is 2.86. The molecule has 0 aromatic heterocycles. The third-order valence-corrected chi connectivity index (χ3v) is 6.56. The molecule has 0 saturated carbocycles. The second-order valence-corrected chi connectivity index (χ2v) is 9.11. The minimum absolute atomic E-state index is 0.0315. The van der Waals surface area contributed by atoms with E-state index in [1.807, 2.05) is 6.07 Å². The number of amidine groups is 1. The highest BCUT2D eigenvalue weighted by molar-refractivity contribution is 8.15. The van der Waals surface area contributed by atoms with Gasteiger partial charge in [0.25, 0.3) is 0 Å². The predicted octanol–water partition coefficient (Wildman–Crippen LogP) is 5.87. The summed E-state index contributed by atoms with van der Waals surface area (Å²) < 4.78 is 44.8. The summed E-state index contributed by atoms with van der Waals surface area (Å²) in [6.45, 7) is 0.140. The third-order valence-electron chi connectivity index (χ3n) is 5.37. The number of ether oxygens (including phenoxy) is 1. The van der Waals surface area contributed by atoms with E-state index < -0.39 is 17.0 Å². The number of rotatable bonds is 6. The molecule has 3 aromatic rings. The third kappa shape index (κ3) is 6.25. The number of carbonyl (C=O) groups is 2. The largest absolute Gasteiger partial charge is 0.497 e. The van der Waals surface area contributed by atoms with Crippen LogP contribution in [0.4, 0.5) is 24.5 Å². The van der Waals surface area contributed by atoms with Crippen molar-refractivity contribution < 1.29 is 27.5 Å². The fourth-order valence-corrected chi connectivity index (χ4v) is 4.61. The molecule has 2 amide bonds. The maximum Gasteiger partial charge on any atom is 0.416 e. The number of nitrogens with zero attached hydrogens (tertiary/aromatic N) is 2. The molecule has 0 radical (unpaired) electrons. The van der Waals surface area contributed by atoms with Crippen LogP contribution in [0.1, 0.15) is 17.5 Å². The van der Waals surface area contributed by atoms with Crippen LogP contribution >= 0.6 is 11.8 Å². The van der Waals surface area contributed by atoms with Crippen LogP contribution in [0.25, 0.3) is 0 Å². The Morgan fingerprint density at radius 2 is 1.81 bits per heavy atom. The summed E-state index contributed by atoms with van der Waals surface area (Å²) in [7, 11) is 1.54. The van der Waals surface area contributed by atoms with Crippen molar-refractivity contribution >= 4 is 40.1 Å². The van der Waals surface area contributed by atoms with Crippen LogP contribution in [0.15, 0.2) is 83.9 Å². The zero-order valence-corrected chi connectivity index (χ0v) is 20.0. The topological polar surface area (TPSA) is 71.0 Å². The van der Waals surface area contributed by atoms with E-state index >= 15 is 0 Å². The van der Waals surface area contributed by atoms with Gasteiger partial charge in [0.15, 0.2) is 5.17 Å². The number of para-hydroxylation sites is 1. The zero-order chi connectivity index (χ0) is 25.7. The lowest BCUT2D eigenvalue weighted by molar-refractivity contribution is -0.137. The number of anilines is 1. The number of amides is 2. The first-order chi connectivity index (χ1) is 17.2. The number of carbonyl (C=O) groups excluding carboxylic acids is 2. The van der Waals surface area contributed by atoms with Gasteiger partial charge in [0.1, 0.15) is 11.0 Å². The summed E-state index contributed by atoms with van der Waals surface area (Å²) in [5.41, 5.74) is 0.529. The van der Waals surface area contributed by atoms with E-state index in [0.29, 0.717) is 11.4 Å². The quantitative estimate of drug-likeness (QED) is 0.447.